The molecule has 8 heteroatoms. The summed E-state index contributed by atoms with van der Waals surface area (Å²) in [7, 11) is 2.96. The van der Waals surface area contributed by atoms with Gasteiger partial charge in [-0.3, -0.25) is 14.4 Å². The zero-order valence-electron chi connectivity index (χ0n) is 18.2. The zero-order valence-corrected chi connectivity index (χ0v) is 18.2. The number of carbonyl (C=O) groups is 3. The maximum atomic E-state index is 12.4. The predicted octanol–water partition coefficient (Wildman–Crippen LogP) is 2.86. The number of aryl methyl sites for hydroxylation is 1. The van der Waals surface area contributed by atoms with Gasteiger partial charge in [-0.15, -0.1) is 0 Å². The summed E-state index contributed by atoms with van der Waals surface area (Å²) in [5, 5.41) is 2.47. The molecule has 0 spiro atoms. The number of methoxy groups -OCH3 is 2. The van der Waals surface area contributed by atoms with Crippen LogP contribution >= 0.6 is 0 Å². The molecule has 8 nitrogen and oxygen atoms in total. The Labute approximate surface area is 176 Å². The Morgan fingerprint density at radius 2 is 1.70 bits per heavy atom. The van der Waals surface area contributed by atoms with Crippen LogP contribution in [-0.4, -0.2) is 49.6 Å². The van der Waals surface area contributed by atoms with E-state index in [2.05, 4.69) is 9.88 Å². The molecule has 0 unspecified atom stereocenters. The predicted molar refractivity (Wildman–Crippen MR) is 111 cm³/mol. The number of amides is 1. The van der Waals surface area contributed by atoms with E-state index in [9.17, 15) is 14.4 Å². The fourth-order valence-electron chi connectivity index (χ4n) is 3.36. The molecule has 2 rings (SSSR count). The van der Waals surface area contributed by atoms with E-state index in [4.69, 9.17) is 14.2 Å². The Morgan fingerprint density at radius 3 is 2.27 bits per heavy atom. The van der Waals surface area contributed by atoms with Gasteiger partial charge in [0.2, 0.25) is 5.78 Å². The third-order valence-corrected chi connectivity index (χ3v) is 4.70. The van der Waals surface area contributed by atoms with Gasteiger partial charge >= 0.3 is 5.97 Å². The molecule has 162 valence electrons. The SMILES string of the molecule is COc1ccc(C(=O)NCC(=O)OCC(=O)c2cc(C)n(C(C)C)c2C)cc1OC. The van der Waals surface area contributed by atoms with Crippen molar-refractivity contribution < 1.29 is 28.6 Å². The number of benzene rings is 1. The summed E-state index contributed by atoms with van der Waals surface area (Å²) in [5.41, 5.74) is 2.64. The van der Waals surface area contributed by atoms with E-state index in [1.165, 1.54) is 20.3 Å². The lowest BCUT2D eigenvalue weighted by molar-refractivity contribution is -0.141. The average Bonchev–Trinajstić information content (AvgIpc) is 3.03. The van der Waals surface area contributed by atoms with E-state index in [0.29, 0.717) is 22.6 Å². The van der Waals surface area contributed by atoms with Crippen LogP contribution in [0.5, 0.6) is 11.5 Å². The Kier molecular flexibility index (Phi) is 7.63. The fraction of sp³-hybridized carbons (Fsp3) is 0.409. The minimum atomic E-state index is -0.699. The second kappa shape index (κ2) is 9.96. The highest BCUT2D eigenvalue weighted by molar-refractivity contribution is 6.00. The first-order valence-electron chi connectivity index (χ1n) is 9.57. The molecule has 0 aliphatic carbocycles. The van der Waals surface area contributed by atoms with Gasteiger partial charge in [0, 0.05) is 28.6 Å². The number of carbonyl (C=O) groups excluding carboxylic acids is 3. The Balaban J connectivity index is 1.90. The van der Waals surface area contributed by atoms with Crippen LogP contribution in [-0.2, 0) is 9.53 Å². The molecule has 0 atom stereocenters. The van der Waals surface area contributed by atoms with Gasteiger partial charge in [0.1, 0.15) is 6.54 Å². The molecule has 0 saturated carbocycles. The van der Waals surface area contributed by atoms with Crippen molar-refractivity contribution in [3.05, 3.63) is 46.8 Å². The molecule has 0 aliphatic rings. The molecular weight excluding hydrogens is 388 g/mol. The molecule has 1 amide bonds. The Bertz CT molecular complexity index is 945. The van der Waals surface area contributed by atoms with Crippen molar-refractivity contribution in [1.82, 2.24) is 9.88 Å². The number of nitrogens with one attached hydrogen (secondary N) is 1. The first-order chi connectivity index (χ1) is 14.2. The van der Waals surface area contributed by atoms with E-state index >= 15 is 0 Å². The molecular formula is C22H28N2O6. The molecule has 0 radical (unpaired) electrons. The van der Waals surface area contributed by atoms with Crippen molar-refractivity contribution in [2.24, 2.45) is 0 Å². The minimum absolute atomic E-state index is 0.223. The van der Waals surface area contributed by atoms with E-state index in [1.54, 1.807) is 18.2 Å². The van der Waals surface area contributed by atoms with Crippen molar-refractivity contribution >= 4 is 17.7 Å². The molecule has 1 aromatic carbocycles. The second-order valence-corrected chi connectivity index (χ2v) is 7.08. The van der Waals surface area contributed by atoms with E-state index in [1.807, 2.05) is 27.7 Å². The number of hydrogen-bond donors (Lipinski definition) is 1. The number of hydrogen-bond acceptors (Lipinski definition) is 6. The third-order valence-electron chi connectivity index (χ3n) is 4.70. The first kappa shape index (κ1) is 23.0. The summed E-state index contributed by atoms with van der Waals surface area (Å²) in [6, 6.07) is 6.67. The second-order valence-electron chi connectivity index (χ2n) is 7.08. The molecule has 0 bridgehead atoms. The molecule has 0 fully saturated rings. The lowest BCUT2D eigenvalue weighted by Gasteiger charge is -2.13. The largest absolute Gasteiger partial charge is 0.493 e. The minimum Gasteiger partial charge on any atom is -0.493 e. The standard InChI is InChI=1S/C22H28N2O6/c1-13(2)24-14(3)9-17(15(24)4)18(25)12-30-21(26)11-23-22(27)16-7-8-19(28-5)20(10-16)29-6/h7-10,13H,11-12H2,1-6H3,(H,23,27). The van der Waals surface area contributed by atoms with Crippen LogP contribution in [0.2, 0.25) is 0 Å². The topological polar surface area (TPSA) is 95.9 Å². The number of ketones is 1. The van der Waals surface area contributed by atoms with Gasteiger partial charge < -0.3 is 24.1 Å². The van der Waals surface area contributed by atoms with Gasteiger partial charge in [-0.1, -0.05) is 0 Å². The first-order valence-corrected chi connectivity index (χ1v) is 9.57. The number of esters is 1. The lowest BCUT2D eigenvalue weighted by atomic mass is 10.1. The van der Waals surface area contributed by atoms with Crippen LogP contribution in [0.25, 0.3) is 0 Å². The van der Waals surface area contributed by atoms with Crippen LogP contribution in [0.3, 0.4) is 0 Å². The van der Waals surface area contributed by atoms with Gasteiger partial charge in [-0.2, -0.15) is 0 Å². The van der Waals surface area contributed by atoms with Crippen molar-refractivity contribution in [2.45, 2.75) is 33.7 Å². The number of aromatic nitrogens is 1. The summed E-state index contributed by atoms with van der Waals surface area (Å²) in [6.45, 7) is 7.13. The van der Waals surface area contributed by atoms with Crippen molar-refractivity contribution in [3.8, 4) is 11.5 Å². The summed E-state index contributed by atoms with van der Waals surface area (Å²) < 4.78 is 17.4. The normalized spacial score (nSPS) is 10.6. The number of nitrogens with zero attached hydrogens (tertiary/aromatic N) is 1. The van der Waals surface area contributed by atoms with Crippen LogP contribution in [0.15, 0.2) is 24.3 Å². The average molecular weight is 416 g/mol. The fourth-order valence-corrected chi connectivity index (χ4v) is 3.36. The Morgan fingerprint density at radius 1 is 1.03 bits per heavy atom. The molecule has 0 saturated heterocycles. The molecule has 1 heterocycles. The monoisotopic (exact) mass is 416 g/mol. The summed E-state index contributed by atoms with van der Waals surface area (Å²) in [5.74, 6) is -0.565. The molecule has 1 aromatic heterocycles. The van der Waals surface area contributed by atoms with E-state index in [-0.39, 0.29) is 25.0 Å². The highest BCUT2D eigenvalue weighted by Crippen LogP contribution is 2.27. The number of ether oxygens (including phenoxy) is 3. The van der Waals surface area contributed by atoms with Crippen molar-refractivity contribution in [1.29, 1.82) is 0 Å². The highest BCUT2D eigenvalue weighted by atomic mass is 16.5. The van der Waals surface area contributed by atoms with Gasteiger partial charge in [0.15, 0.2) is 18.1 Å². The maximum Gasteiger partial charge on any atom is 0.325 e. The quantitative estimate of drug-likeness (QED) is 0.499. The van der Waals surface area contributed by atoms with E-state index in [0.717, 1.165) is 11.4 Å². The van der Waals surface area contributed by atoms with Crippen molar-refractivity contribution in [3.63, 3.8) is 0 Å². The van der Waals surface area contributed by atoms with Gasteiger partial charge in [-0.05, 0) is 52.0 Å². The van der Waals surface area contributed by atoms with Gasteiger partial charge in [-0.25, -0.2) is 0 Å². The van der Waals surface area contributed by atoms with Crippen LogP contribution in [0, 0.1) is 13.8 Å². The van der Waals surface area contributed by atoms with Gasteiger partial charge in [0.25, 0.3) is 5.91 Å². The van der Waals surface area contributed by atoms with E-state index < -0.39 is 11.9 Å². The Hall–Kier alpha value is -3.29. The maximum absolute atomic E-state index is 12.4. The van der Waals surface area contributed by atoms with Gasteiger partial charge in [0.05, 0.1) is 14.2 Å². The van der Waals surface area contributed by atoms with Crippen LogP contribution in [0.4, 0.5) is 0 Å². The zero-order chi connectivity index (χ0) is 22.4. The smallest absolute Gasteiger partial charge is 0.325 e. The number of rotatable bonds is 9. The summed E-state index contributed by atoms with van der Waals surface area (Å²) in [6.07, 6.45) is 0. The lowest BCUT2D eigenvalue weighted by Crippen LogP contribution is -2.31. The van der Waals surface area contributed by atoms with Crippen LogP contribution < -0.4 is 14.8 Å². The number of Topliss-reactive ketones (excluding diaryl/α,β-unsaturated/α-hetero) is 1. The van der Waals surface area contributed by atoms with Crippen LogP contribution in [0.1, 0.15) is 52.0 Å². The summed E-state index contributed by atoms with van der Waals surface area (Å²) in [4.78, 5) is 36.6. The molecule has 30 heavy (non-hydrogen) atoms. The summed E-state index contributed by atoms with van der Waals surface area (Å²) >= 11 is 0. The molecule has 0 aliphatic heterocycles. The molecule has 1 N–H and O–H groups in total. The van der Waals surface area contributed by atoms with Crippen molar-refractivity contribution in [2.75, 3.05) is 27.4 Å². The molecule has 2 aromatic rings. The third kappa shape index (κ3) is 5.20. The highest BCUT2D eigenvalue weighted by Gasteiger charge is 2.19.